The maximum atomic E-state index is 11.6. The predicted octanol–water partition coefficient (Wildman–Crippen LogP) is 2.25. The molecule has 8 rings (SSSR count). The van der Waals surface area contributed by atoms with Gasteiger partial charge in [0.2, 0.25) is 0 Å². The van der Waals surface area contributed by atoms with Gasteiger partial charge in [-0.3, -0.25) is 23.9 Å². The summed E-state index contributed by atoms with van der Waals surface area (Å²) in [5, 5.41) is 10.5. The monoisotopic (exact) mass is 694 g/mol. The summed E-state index contributed by atoms with van der Waals surface area (Å²) in [7, 11) is 3.32. The summed E-state index contributed by atoms with van der Waals surface area (Å²) in [4.78, 5) is 42.3. The van der Waals surface area contributed by atoms with Crippen LogP contribution in [-0.2, 0) is 14.1 Å². The number of aldehydes is 1. The van der Waals surface area contributed by atoms with E-state index >= 15 is 0 Å². The zero-order valence-corrected chi connectivity index (χ0v) is 28.4. The van der Waals surface area contributed by atoms with Gasteiger partial charge in [-0.1, -0.05) is 12.1 Å². The first-order valence-electron chi connectivity index (χ1n) is 14.4. The van der Waals surface area contributed by atoms with Crippen LogP contribution in [0.15, 0.2) is 91.7 Å². The van der Waals surface area contributed by atoms with E-state index in [1.807, 2.05) is 24.3 Å². The molecule has 1 unspecified atom stereocenters. The minimum Gasteiger partial charge on any atom is -1.00 e. The molecule has 12 heteroatoms. The zero-order chi connectivity index (χ0) is 30.8. The Labute approximate surface area is 291 Å². The number of carbonyl (C=O) groups is 1. The summed E-state index contributed by atoms with van der Waals surface area (Å²) in [6, 6.07) is 14.4. The molecule has 2 aromatic carbocycles. The van der Waals surface area contributed by atoms with E-state index in [0.29, 0.717) is 28.2 Å². The molecule has 2 saturated carbocycles. The van der Waals surface area contributed by atoms with Crippen molar-refractivity contribution in [1.82, 2.24) is 19.1 Å². The third-order valence-corrected chi connectivity index (χ3v) is 7.72. The average Bonchev–Trinajstić information content (AvgIpc) is 3.99. The van der Waals surface area contributed by atoms with Crippen LogP contribution in [0.25, 0.3) is 44.5 Å². The molecule has 0 aliphatic heterocycles. The third-order valence-electron chi connectivity index (χ3n) is 7.72. The molecule has 1 atom stereocenters. The van der Waals surface area contributed by atoms with Crippen molar-refractivity contribution in [3.63, 3.8) is 0 Å². The second-order valence-corrected chi connectivity index (χ2v) is 10.9. The number of fused-ring (bicyclic) bond motifs is 2. The Morgan fingerprint density at radius 3 is 1.85 bits per heavy atom. The molecule has 4 heterocycles. The van der Waals surface area contributed by atoms with E-state index in [1.165, 1.54) is 22.0 Å². The van der Waals surface area contributed by atoms with Crippen LogP contribution in [0.1, 0.15) is 47.7 Å². The maximum Gasteiger partial charge on any atom is 2.00 e. The maximum absolute atomic E-state index is 11.6. The van der Waals surface area contributed by atoms with Gasteiger partial charge in [0.05, 0.1) is 17.1 Å². The fourth-order valence-corrected chi connectivity index (χ4v) is 4.91. The Morgan fingerprint density at radius 1 is 0.848 bits per heavy atom. The minimum atomic E-state index is -0.457. The molecule has 10 nitrogen and oxygen atoms in total. The molecule has 2 aliphatic rings. The second-order valence-electron chi connectivity index (χ2n) is 10.9. The average molecular weight is 696 g/mol. The van der Waals surface area contributed by atoms with Gasteiger partial charge in [0.15, 0.2) is 17.5 Å². The van der Waals surface area contributed by atoms with Crippen molar-refractivity contribution in [1.29, 1.82) is 0 Å². The number of aryl methyl sites for hydroxylation is 2. The van der Waals surface area contributed by atoms with Crippen LogP contribution >= 0.6 is 0 Å². The molecule has 2 fully saturated rings. The number of hydrogen-bond acceptors (Lipinski definition) is 8. The first kappa shape index (κ1) is 35.0. The Hall–Kier alpha value is -3.84. The van der Waals surface area contributed by atoms with Crippen molar-refractivity contribution < 1.29 is 35.7 Å². The Bertz CT molecular complexity index is 2090. The zero-order valence-electron chi connectivity index (χ0n) is 25.4. The number of benzene rings is 2. The van der Waals surface area contributed by atoms with Gasteiger partial charge in [0.25, 0.3) is 0 Å². The normalized spacial score (nSPS) is 13.7. The largest absolute Gasteiger partial charge is 2.00 e. The predicted molar refractivity (Wildman–Crippen MR) is 172 cm³/mol. The SMILES string of the molecule is Cn1c(=O)oc2ccc(-c3cnccc3C(O)C3CC3)cc21.Cn1c(=O)oc2ccc(-c3cnccc3C=O)cc21.[Br-].[CH-]1CC1.[Mg+2]. The van der Waals surface area contributed by atoms with Crippen molar-refractivity contribution in [2.75, 3.05) is 0 Å². The van der Waals surface area contributed by atoms with Crippen LogP contribution in [0.4, 0.5) is 0 Å². The minimum absolute atomic E-state index is 0. The van der Waals surface area contributed by atoms with E-state index < -0.39 is 11.9 Å². The van der Waals surface area contributed by atoms with Crippen molar-refractivity contribution in [2.45, 2.75) is 31.8 Å². The third kappa shape index (κ3) is 7.57. The number of aliphatic hydroxyl groups excluding tert-OH is 1. The summed E-state index contributed by atoms with van der Waals surface area (Å²) in [6.07, 6.45) is 14.1. The van der Waals surface area contributed by atoms with Gasteiger partial charge in [-0.25, -0.2) is 22.4 Å². The smallest absolute Gasteiger partial charge is 1.00 e. The first-order chi connectivity index (χ1) is 21.4. The van der Waals surface area contributed by atoms with Crippen LogP contribution in [0, 0.1) is 12.3 Å². The summed E-state index contributed by atoms with van der Waals surface area (Å²) >= 11 is 0. The topological polar surface area (TPSA) is 133 Å². The number of carbonyl (C=O) groups excluding carboxylic acids is 1. The summed E-state index contributed by atoms with van der Waals surface area (Å²) < 4.78 is 13.1. The fraction of sp³-hybridized carbons (Fsp3) is 0.235. The van der Waals surface area contributed by atoms with E-state index in [-0.39, 0.29) is 45.8 Å². The number of halogens is 1. The van der Waals surface area contributed by atoms with Crippen LogP contribution < -0.4 is 28.5 Å². The van der Waals surface area contributed by atoms with Crippen molar-refractivity contribution in [2.24, 2.45) is 20.0 Å². The molecule has 0 bridgehead atoms. The van der Waals surface area contributed by atoms with E-state index in [0.717, 1.165) is 52.5 Å². The number of hydrogen-bond donors (Lipinski definition) is 1. The van der Waals surface area contributed by atoms with E-state index in [9.17, 15) is 19.5 Å². The van der Waals surface area contributed by atoms with Gasteiger partial charge < -0.3 is 37.3 Å². The van der Waals surface area contributed by atoms with E-state index in [2.05, 4.69) is 16.4 Å². The quantitative estimate of drug-likeness (QED) is 0.165. The molecule has 4 aromatic heterocycles. The first-order valence-corrected chi connectivity index (χ1v) is 14.4. The Morgan fingerprint density at radius 2 is 1.35 bits per heavy atom. The Kier molecular flexibility index (Phi) is 11.5. The van der Waals surface area contributed by atoms with Crippen LogP contribution in [0.5, 0.6) is 0 Å². The van der Waals surface area contributed by atoms with Crippen LogP contribution in [0.2, 0.25) is 0 Å². The van der Waals surface area contributed by atoms with Gasteiger partial charge in [-0.2, -0.15) is 0 Å². The number of pyridine rings is 2. The van der Waals surface area contributed by atoms with Gasteiger partial charge in [-0.05, 0) is 71.8 Å². The number of oxazole rings is 2. The molecule has 1 N–H and O–H groups in total. The van der Waals surface area contributed by atoms with Gasteiger partial charge in [0.1, 0.15) is 0 Å². The van der Waals surface area contributed by atoms with Gasteiger partial charge >= 0.3 is 34.6 Å². The van der Waals surface area contributed by atoms with E-state index in [1.54, 1.807) is 63.1 Å². The van der Waals surface area contributed by atoms with Crippen molar-refractivity contribution >= 4 is 51.5 Å². The van der Waals surface area contributed by atoms with Crippen molar-refractivity contribution in [3.05, 3.63) is 112 Å². The molecular formula is C34H31BrMgN4O6. The molecule has 0 amide bonds. The molecule has 0 saturated heterocycles. The number of aliphatic hydroxyl groups is 1. The molecule has 0 spiro atoms. The summed E-state index contributed by atoms with van der Waals surface area (Å²) in [5.41, 5.74) is 7.32. The Balaban J connectivity index is 0.000000185. The summed E-state index contributed by atoms with van der Waals surface area (Å²) in [6.45, 7) is 0. The second kappa shape index (κ2) is 15.2. The fourth-order valence-electron chi connectivity index (χ4n) is 4.91. The molecule has 232 valence electrons. The van der Waals surface area contributed by atoms with Crippen LogP contribution in [-0.4, -0.2) is 53.5 Å². The molecular weight excluding hydrogens is 665 g/mol. The van der Waals surface area contributed by atoms with Gasteiger partial charge in [-0.15, -0.1) is 0 Å². The van der Waals surface area contributed by atoms with Crippen molar-refractivity contribution in [3.8, 4) is 22.3 Å². The number of aromatic nitrogens is 4. The molecule has 0 radical (unpaired) electrons. The van der Waals surface area contributed by atoms with E-state index in [4.69, 9.17) is 8.83 Å². The standard InChI is InChI=1S/C17H16N2O3.C14H10N2O3.C3H5.BrH.Mg/c1-19-14-8-11(4-5-15(14)22-17(19)21)13-9-18-7-6-12(13)16(20)10-2-3-10;1-16-12-6-9(2-3-13(12)19-14(16)18)11-7-15-5-4-10(11)8-17;1-2-3-1;;/h4-10,16,20H,2-3H2,1H3;2-8H,1H3;1H,2-3H2;1H;/q;;-1;;+2/p-1. The number of rotatable bonds is 5. The molecule has 46 heavy (non-hydrogen) atoms. The van der Waals surface area contributed by atoms with Crippen LogP contribution in [0.3, 0.4) is 0 Å². The number of nitrogens with zero attached hydrogens (tertiary/aromatic N) is 4. The summed E-state index contributed by atoms with van der Waals surface area (Å²) in [5.74, 6) is -0.436. The van der Waals surface area contributed by atoms with Gasteiger partial charge in [0, 0.05) is 55.6 Å². The molecule has 6 aromatic rings. The molecule has 2 aliphatic carbocycles.